The van der Waals surface area contributed by atoms with Crippen LogP contribution in [0.1, 0.15) is 22.3 Å². The second kappa shape index (κ2) is 7.25. The fraction of sp³-hybridized carbons (Fsp3) is 0.143. The molecule has 0 radical (unpaired) electrons. The molecule has 0 saturated heterocycles. The van der Waals surface area contributed by atoms with Crippen LogP contribution in [0.15, 0.2) is 84.9 Å². The third kappa shape index (κ3) is 3.14. The van der Waals surface area contributed by atoms with Crippen LogP contribution in [-0.2, 0) is 4.57 Å². The monoisotopic (exact) mass is 423 g/mol. The lowest BCUT2D eigenvalue weighted by Crippen LogP contribution is -2.34. The average Bonchev–Trinajstić information content (AvgIpc) is 2.75. The summed E-state index contributed by atoms with van der Waals surface area (Å²) >= 11 is 0. The minimum Gasteiger partial charge on any atom is -0.289 e. The lowest BCUT2D eigenvalue weighted by molar-refractivity contribution is 0.587. The number of hydrogen-bond donors (Lipinski definition) is 0. The molecule has 154 valence electrons. The molecule has 1 atom stereocenters. The van der Waals surface area contributed by atoms with Gasteiger partial charge in [0.05, 0.1) is 5.69 Å². The number of rotatable bonds is 2. The van der Waals surface area contributed by atoms with Crippen molar-refractivity contribution >= 4 is 29.3 Å². The van der Waals surface area contributed by atoms with Crippen LogP contribution in [0.2, 0.25) is 0 Å². The summed E-state index contributed by atoms with van der Waals surface area (Å²) in [5, 5.41) is 1.77. The zero-order valence-electron chi connectivity index (χ0n) is 18.4. The number of aryl methyl sites for hydroxylation is 4. The lowest BCUT2D eigenvalue weighted by Gasteiger charge is -2.40. The average molecular weight is 423 g/mol. The first-order chi connectivity index (χ1) is 14.9. The molecule has 1 aliphatic rings. The van der Waals surface area contributed by atoms with Crippen LogP contribution in [0.4, 0.5) is 11.4 Å². The Morgan fingerprint density at radius 3 is 1.74 bits per heavy atom. The molecule has 4 aromatic rings. The smallest absolute Gasteiger partial charge is 0.234 e. The van der Waals surface area contributed by atoms with E-state index in [1.807, 2.05) is 12.1 Å². The van der Waals surface area contributed by atoms with Crippen LogP contribution in [0, 0.1) is 27.7 Å². The van der Waals surface area contributed by atoms with E-state index in [1.165, 1.54) is 5.56 Å². The first-order valence-electron chi connectivity index (χ1n) is 10.6. The normalized spacial score (nSPS) is 17.2. The predicted molar refractivity (Wildman–Crippen MR) is 133 cm³/mol. The van der Waals surface area contributed by atoms with Crippen molar-refractivity contribution in [2.45, 2.75) is 27.7 Å². The van der Waals surface area contributed by atoms with Gasteiger partial charge >= 0.3 is 0 Å². The maximum absolute atomic E-state index is 15.3. The number of benzene rings is 4. The molecule has 3 heteroatoms. The molecular formula is C28H26NOP. The molecule has 0 spiro atoms. The summed E-state index contributed by atoms with van der Waals surface area (Å²) in [6, 6.07) is 29.4. The highest BCUT2D eigenvalue weighted by molar-refractivity contribution is 7.80. The van der Waals surface area contributed by atoms with Crippen LogP contribution in [-0.4, -0.2) is 0 Å². The van der Waals surface area contributed by atoms with Crippen molar-refractivity contribution in [2.75, 3.05) is 4.67 Å². The van der Waals surface area contributed by atoms with Gasteiger partial charge in [0.15, 0.2) is 0 Å². The van der Waals surface area contributed by atoms with Gasteiger partial charge in [0, 0.05) is 21.9 Å². The third-order valence-corrected chi connectivity index (χ3v) is 9.13. The van der Waals surface area contributed by atoms with E-state index >= 15 is 4.57 Å². The van der Waals surface area contributed by atoms with Gasteiger partial charge < -0.3 is 0 Å². The van der Waals surface area contributed by atoms with Gasteiger partial charge in [-0.15, -0.1) is 0 Å². The van der Waals surface area contributed by atoms with Crippen LogP contribution >= 0.6 is 7.29 Å². The number of anilines is 2. The summed E-state index contributed by atoms with van der Waals surface area (Å²) < 4.78 is 17.4. The second-order valence-corrected chi connectivity index (χ2v) is 11.2. The van der Waals surface area contributed by atoms with Crippen molar-refractivity contribution in [3.63, 3.8) is 0 Å². The Hall–Kier alpha value is -3.09. The largest absolute Gasteiger partial charge is 0.289 e. The van der Waals surface area contributed by atoms with Crippen LogP contribution in [0.25, 0.3) is 11.1 Å². The van der Waals surface area contributed by atoms with Gasteiger partial charge in [-0.1, -0.05) is 65.2 Å². The van der Waals surface area contributed by atoms with Crippen LogP contribution in [0.3, 0.4) is 0 Å². The van der Waals surface area contributed by atoms with Gasteiger partial charge in [-0.25, -0.2) is 0 Å². The molecule has 31 heavy (non-hydrogen) atoms. The van der Waals surface area contributed by atoms with Gasteiger partial charge in [0.2, 0.25) is 7.29 Å². The quantitative estimate of drug-likeness (QED) is 0.325. The molecule has 2 nitrogen and oxygen atoms in total. The fourth-order valence-electron chi connectivity index (χ4n) is 4.41. The SMILES string of the molecule is Cc1ccc(N2c3cc(C)ccc3-c3ccc(C)cc3P2(=O)c2ccc(C)cc2)cc1. The van der Waals surface area contributed by atoms with E-state index < -0.39 is 7.29 Å². The van der Waals surface area contributed by atoms with Crippen molar-refractivity contribution in [2.24, 2.45) is 0 Å². The summed E-state index contributed by atoms with van der Waals surface area (Å²) in [5.74, 6) is 0. The maximum atomic E-state index is 15.3. The van der Waals surface area contributed by atoms with Gasteiger partial charge in [-0.3, -0.25) is 9.24 Å². The summed E-state index contributed by atoms with van der Waals surface area (Å²) in [5.41, 5.74) is 8.76. The second-order valence-electron chi connectivity index (χ2n) is 8.60. The molecule has 0 bridgehead atoms. The highest BCUT2D eigenvalue weighted by Gasteiger charge is 2.42. The van der Waals surface area contributed by atoms with Crippen LogP contribution < -0.4 is 15.3 Å². The minimum absolute atomic E-state index is 0.859. The summed E-state index contributed by atoms with van der Waals surface area (Å²) in [4.78, 5) is 0. The molecule has 4 aromatic carbocycles. The van der Waals surface area contributed by atoms with Crippen LogP contribution in [0.5, 0.6) is 0 Å². The highest BCUT2D eigenvalue weighted by atomic mass is 31.2. The Morgan fingerprint density at radius 1 is 0.581 bits per heavy atom. The van der Waals surface area contributed by atoms with Crippen molar-refractivity contribution in [1.82, 2.24) is 0 Å². The Morgan fingerprint density at radius 2 is 1.10 bits per heavy atom. The Labute approximate surface area is 184 Å². The van der Waals surface area contributed by atoms with Crippen molar-refractivity contribution < 1.29 is 4.57 Å². The van der Waals surface area contributed by atoms with E-state index in [2.05, 4.69) is 105 Å². The van der Waals surface area contributed by atoms with E-state index in [9.17, 15) is 0 Å². The van der Waals surface area contributed by atoms with E-state index in [4.69, 9.17) is 0 Å². The van der Waals surface area contributed by atoms with E-state index in [-0.39, 0.29) is 0 Å². The van der Waals surface area contributed by atoms with Gasteiger partial charge in [0.25, 0.3) is 0 Å². The predicted octanol–water partition coefficient (Wildman–Crippen LogP) is 6.97. The standard InChI is InChI=1S/C28H26NOP/c1-19-5-11-23(12-6-19)29-27-17-21(3)9-15-25(27)26-16-10-22(4)18-28(26)31(29,30)24-13-7-20(2)8-14-24/h5-18H,1-4H3. The molecule has 0 N–H and O–H groups in total. The molecule has 1 aliphatic heterocycles. The van der Waals surface area contributed by atoms with E-state index in [1.54, 1.807) is 0 Å². The number of nitrogens with zero attached hydrogens (tertiary/aromatic N) is 1. The number of hydrogen-bond acceptors (Lipinski definition) is 1. The molecule has 0 amide bonds. The molecule has 0 saturated carbocycles. The molecule has 0 aromatic heterocycles. The third-order valence-electron chi connectivity index (χ3n) is 6.10. The van der Waals surface area contributed by atoms with E-state index in [0.29, 0.717) is 0 Å². The zero-order valence-corrected chi connectivity index (χ0v) is 19.3. The molecule has 5 rings (SSSR count). The molecule has 0 aliphatic carbocycles. The maximum Gasteiger partial charge on any atom is 0.234 e. The Kier molecular flexibility index (Phi) is 4.64. The minimum atomic E-state index is -3.17. The fourth-order valence-corrected chi connectivity index (χ4v) is 7.52. The Bertz CT molecular complexity index is 1340. The van der Waals surface area contributed by atoms with Crippen molar-refractivity contribution in [3.05, 3.63) is 107 Å². The highest BCUT2D eigenvalue weighted by Crippen LogP contribution is 2.61. The van der Waals surface area contributed by atoms with Gasteiger partial charge in [0.1, 0.15) is 0 Å². The zero-order chi connectivity index (χ0) is 21.8. The summed E-state index contributed by atoms with van der Waals surface area (Å²) in [6.07, 6.45) is 0. The van der Waals surface area contributed by atoms with Crippen molar-refractivity contribution in [1.29, 1.82) is 0 Å². The van der Waals surface area contributed by atoms with E-state index in [0.717, 1.165) is 49.8 Å². The molecule has 1 unspecified atom stereocenters. The first kappa shape index (κ1) is 19.8. The number of fused-ring (bicyclic) bond motifs is 3. The van der Waals surface area contributed by atoms with Gasteiger partial charge in [-0.05, 0) is 75.2 Å². The summed E-state index contributed by atoms with van der Waals surface area (Å²) in [6.45, 7) is 8.31. The first-order valence-corrected chi connectivity index (χ1v) is 12.3. The molecular weight excluding hydrogens is 397 g/mol. The van der Waals surface area contributed by atoms with Gasteiger partial charge in [-0.2, -0.15) is 0 Å². The molecule has 1 heterocycles. The van der Waals surface area contributed by atoms with Crippen molar-refractivity contribution in [3.8, 4) is 11.1 Å². The topological polar surface area (TPSA) is 20.3 Å². The summed E-state index contributed by atoms with van der Waals surface area (Å²) in [7, 11) is -3.17. The molecule has 0 fully saturated rings. The lowest BCUT2D eigenvalue weighted by atomic mass is 10.00. The Balaban J connectivity index is 1.91.